The fourth-order valence-electron chi connectivity index (χ4n) is 3.21. The van der Waals surface area contributed by atoms with Crippen molar-refractivity contribution in [2.45, 2.75) is 124 Å². The average molecular weight is 311 g/mol. The van der Waals surface area contributed by atoms with Crippen molar-refractivity contribution in [1.82, 2.24) is 0 Å². The largest absolute Gasteiger partial charge is 0.299 e. The molecule has 0 aromatic heterocycles. The van der Waals surface area contributed by atoms with Crippen LogP contribution in [-0.4, -0.2) is 5.78 Å². The summed E-state index contributed by atoms with van der Waals surface area (Å²) in [6.45, 7) is 6.73. The molecule has 132 valence electrons. The summed E-state index contributed by atoms with van der Waals surface area (Å²) < 4.78 is 0. The standard InChI is InChI=1S/C21H42O/c1-4-7-10-12-15-17-20(18-16-13-11-8-5-2)21(22)19-14-9-6-3/h20H,4-19H2,1-3H3. The van der Waals surface area contributed by atoms with E-state index in [1.807, 2.05) is 0 Å². The van der Waals surface area contributed by atoms with Crippen molar-refractivity contribution >= 4 is 5.78 Å². The maximum Gasteiger partial charge on any atom is 0.135 e. The third kappa shape index (κ3) is 13.3. The summed E-state index contributed by atoms with van der Waals surface area (Å²) in [6.07, 6.45) is 19.9. The number of unbranched alkanes of at least 4 members (excludes halogenated alkanes) is 10. The summed E-state index contributed by atoms with van der Waals surface area (Å²) in [5.74, 6) is 0.944. The molecule has 1 heteroatoms. The predicted molar refractivity (Wildman–Crippen MR) is 99.4 cm³/mol. The van der Waals surface area contributed by atoms with Gasteiger partial charge in [-0.15, -0.1) is 0 Å². The van der Waals surface area contributed by atoms with Crippen molar-refractivity contribution in [3.8, 4) is 0 Å². The number of hydrogen-bond donors (Lipinski definition) is 0. The molecule has 0 saturated carbocycles. The van der Waals surface area contributed by atoms with Crippen LogP contribution in [0.2, 0.25) is 0 Å². The van der Waals surface area contributed by atoms with Gasteiger partial charge in [-0.25, -0.2) is 0 Å². The lowest BCUT2D eigenvalue weighted by Gasteiger charge is -2.16. The van der Waals surface area contributed by atoms with Crippen LogP contribution in [0.25, 0.3) is 0 Å². The molecule has 0 fully saturated rings. The summed E-state index contributed by atoms with van der Waals surface area (Å²) >= 11 is 0. The van der Waals surface area contributed by atoms with E-state index in [9.17, 15) is 4.79 Å². The predicted octanol–water partition coefficient (Wildman–Crippen LogP) is 7.47. The Kier molecular flexibility index (Phi) is 16.8. The fourth-order valence-corrected chi connectivity index (χ4v) is 3.21. The van der Waals surface area contributed by atoms with Gasteiger partial charge in [-0.05, 0) is 19.3 Å². The summed E-state index contributed by atoms with van der Waals surface area (Å²) in [6, 6.07) is 0. The van der Waals surface area contributed by atoms with Gasteiger partial charge in [0.15, 0.2) is 0 Å². The van der Waals surface area contributed by atoms with Gasteiger partial charge in [-0.3, -0.25) is 4.79 Å². The van der Waals surface area contributed by atoms with Crippen LogP contribution in [0, 0.1) is 5.92 Å². The monoisotopic (exact) mass is 310 g/mol. The van der Waals surface area contributed by atoms with E-state index in [2.05, 4.69) is 20.8 Å². The maximum absolute atomic E-state index is 12.5. The molecule has 0 aromatic carbocycles. The van der Waals surface area contributed by atoms with Gasteiger partial charge in [0.2, 0.25) is 0 Å². The lowest BCUT2D eigenvalue weighted by molar-refractivity contribution is -0.123. The van der Waals surface area contributed by atoms with Gasteiger partial charge >= 0.3 is 0 Å². The molecule has 0 saturated heterocycles. The first-order chi connectivity index (χ1) is 10.8. The van der Waals surface area contributed by atoms with Crippen LogP contribution < -0.4 is 0 Å². The van der Waals surface area contributed by atoms with E-state index in [4.69, 9.17) is 0 Å². The zero-order valence-electron chi connectivity index (χ0n) is 15.8. The fraction of sp³-hybridized carbons (Fsp3) is 0.952. The molecule has 22 heavy (non-hydrogen) atoms. The minimum absolute atomic E-state index is 0.375. The Morgan fingerprint density at radius 2 is 1.00 bits per heavy atom. The molecule has 0 spiro atoms. The van der Waals surface area contributed by atoms with Crippen LogP contribution in [0.4, 0.5) is 0 Å². The van der Waals surface area contributed by atoms with Crippen molar-refractivity contribution in [2.24, 2.45) is 5.92 Å². The van der Waals surface area contributed by atoms with Gasteiger partial charge < -0.3 is 0 Å². The van der Waals surface area contributed by atoms with Crippen LogP contribution in [0.15, 0.2) is 0 Å². The van der Waals surface area contributed by atoms with E-state index in [-0.39, 0.29) is 0 Å². The molecular weight excluding hydrogens is 268 g/mol. The highest BCUT2D eigenvalue weighted by atomic mass is 16.1. The molecule has 0 unspecified atom stereocenters. The summed E-state index contributed by atoms with van der Waals surface area (Å²) in [4.78, 5) is 12.5. The summed E-state index contributed by atoms with van der Waals surface area (Å²) in [7, 11) is 0. The second-order valence-electron chi connectivity index (χ2n) is 7.03. The minimum atomic E-state index is 0.375. The molecule has 0 amide bonds. The van der Waals surface area contributed by atoms with Crippen LogP contribution in [-0.2, 0) is 4.79 Å². The molecule has 0 aromatic rings. The highest BCUT2D eigenvalue weighted by molar-refractivity contribution is 5.80. The SMILES string of the molecule is CCCCCCCC(CCCCCCC)C(=O)CCCCC. The van der Waals surface area contributed by atoms with Gasteiger partial charge in [0.1, 0.15) is 5.78 Å². The van der Waals surface area contributed by atoms with Crippen LogP contribution >= 0.6 is 0 Å². The van der Waals surface area contributed by atoms with E-state index in [1.54, 1.807) is 0 Å². The van der Waals surface area contributed by atoms with Gasteiger partial charge in [0.25, 0.3) is 0 Å². The summed E-state index contributed by atoms with van der Waals surface area (Å²) in [5.41, 5.74) is 0. The molecule has 0 rings (SSSR count). The highest BCUT2D eigenvalue weighted by Crippen LogP contribution is 2.22. The minimum Gasteiger partial charge on any atom is -0.299 e. The first kappa shape index (κ1) is 21.7. The van der Waals surface area contributed by atoms with Crippen molar-refractivity contribution in [1.29, 1.82) is 0 Å². The molecule has 0 aliphatic rings. The Labute approximate surface area is 140 Å². The van der Waals surface area contributed by atoms with Gasteiger partial charge in [0, 0.05) is 12.3 Å². The van der Waals surface area contributed by atoms with Crippen molar-refractivity contribution in [3.05, 3.63) is 0 Å². The van der Waals surface area contributed by atoms with E-state index in [0.29, 0.717) is 11.7 Å². The summed E-state index contributed by atoms with van der Waals surface area (Å²) in [5, 5.41) is 0. The Morgan fingerprint density at radius 3 is 1.45 bits per heavy atom. The number of hydrogen-bond acceptors (Lipinski definition) is 1. The van der Waals surface area contributed by atoms with Crippen LogP contribution in [0.1, 0.15) is 124 Å². The van der Waals surface area contributed by atoms with E-state index in [0.717, 1.165) is 25.7 Å². The quantitative estimate of drug-likeness (QED) is 0.255. The number of ketones is 1. The third-order valence-corrected chi connectivity index (χ3v) is 4.79. The molecule has 0 radical (unpaired) electrons. The molecule has 0 aliphatic heterocycles. The zero-order chi connectivity index (χ0) is 16.5. The first-order valence-electron chi connectivity index (χ1n) is 10.3. The zero-order valence-corrected chi connectivity index (χ0v) is 15.8. The van der Waals surface area contributed by atoms with E-state index in [1.165, 1.54) is 77.0 Å². The Bertz CT molecular complexity index is 220. The smallest absolute Gasteiger partial charge is 0.135 e. The molecule has 0 heterocycles. The first-order valence-corrected chi connectivity index (χ1v) is 10.3. The second-order valence-corrected chi connectivity index (χ2v) is 7.03. The maximum atomic E-state index is 12.5. The molecule has 0 atom stereocenters. The number of carbonyl (C=O) groups excluding carboxylic acids is 1. The van der Waals surface area contributed by atoms with Gasteiger partial charge in [0.05, 0.1) is 0 Å². The number of carbonyl (C=O) groups is 1. The number of rotatable bonds is 17. The number of Topliss-reactive ketones (excluding diaryl/α,β-unsaturated/α-hetero) is 1. The normalized spacial score (nSPS) is 11.3. The highest BCUT2D eigenvalue weighted by Gasteiger charge is 2.17. The van der Waals surface area contributed by atoms with Crippen molar-refractivity contribution in [3.63, 3.8) is 0 Å². The molecule has 0 N–H and O–H groups in total. The Balaban J connectivity index is 3.98. The van der Waals surface area contributed by atoms with E-state index < -0.39 is 0 Å². The Hall–Kier alpha value is -0.330. The molecule has 0 bridgehead atoms. The van der Waals surface area contributed by atoms with Gasteiger partial charge in [-0.2, -0.15) is 0 Å². The Morgan fingerprint density at radius 1 is 0.591 bits per heavy atom. The topological polar surface area (TPSA) is 17.1 Å². The lowest BCUT2D eigenvalue weighted by atomic mass is 9.88. The molecule has 1 nitrogen and oxygen atoms in total. The molecule has 0 aliphatic carbocycles. The van der Waals surface area contributed by atoms with Crippen molar-refractivity contribution < 1.29 is 4.79 Å². The second kappa shape index (κ2) is 17.0. The van der Waals surface area contributed by atoms with Crippen LogP contribution in [0.5, 0.6) is 0 Å². The van der Waals surface area contributed by atoms with Crippen LogP contribution in [0.3, 0.4) is 0 Å². The average Bonchev–Trinajstić information content (AvgIpc) is 2.52. The van der Waals surface area contributed by atoms with Gasteiger partial charge in [-0.1, -0.05) is 97.8 Å². The molecular formula is C21H42O. The van der Waals surface area contributed by atoms with E-state index >= 15 is 0 Å². The third-order valence-electron chi connectivity index (χ3n) is 4.79. The lowest BCUT2D eigenvalue weighted by Crippen LogP contribution is -2.14. The van der Waals surface area contributed by atoms with Crippen molar-refractivity contribution in [2.75, 3.05) is 0 Å².